The van der Waals surface area contributed by atoms with Crippen molar-refractivity contribution in [2.24, 2.45) is 5.41 Å². The molecule has 0 aliphatic carbocycles. The molecule has 0 saturated carbocycles. The van der Waals surface area contributed by atoms with Gasteiger partial charge < -0.3 is 0 Å². The zero-order valence-electron chi connectivity index (χ0n) is 12.8. The fourth-order valence-corrected chi connectivity index (χ4v) is 4.52. The van der Waals surface area contributed by atoms with Crippen LogP contribution in [-0.4, -0.2) is 23.8 Å². The van der Waals surface area contributed by atoms with Crippen LogP contribution >= 0.6 is 27.3 Å². The first kappa shape index (κ1) is 17.2. The van der Waals surface area contributed by atoms with Crippen molar-refractivity contribution in [1.82, 2.24) is 4.90 Å². The lowest BCUT2D eigenvalue weighted by Gasteiger charge is -2.38. The van der Waals surface area contributed by atoms with Crippen LogP contribution in [0.1, 0.15) is 57.4 Å². The van der Waals surface area contributed by atoms with E-state index in [1.165, 1.54) is 37.1 Å². The molecular weight excluding hydrogens is 318 g/mol. The molecule has 3 heteroatoms. The topological polar surface area (TPSA) is 3.24 Å². The molecule has 1 atom stereocenters. The Kier molecular flexibility index (Phi) is 7.63. The molecule has 0 fully saturated rings. The first-order valence-electron chi connectivity index (χ1n) is 7.38. The third-order valence-electron chi connectivity index (χ3n) is 4.05. The summed E-state index contributed by atoms with van der Waals surface area (Å²) >= 11 is 5.64. The molecule has 1 nitrogen and oxygen atoms in total. The molecule has 110 valence electrons. The van der Waals surface area contributed by atoms with Crippen LogP contribution in [0.15, 0.2) is 17.5 Å². The predicted molar refractivity (Wildman–Crippen MR) is 91.4 cm³/mol. The lowest BCUT2D eigenvalue weighted by molar-refractivity contribution is 0.141. The Balaban J connectivity index is 2.72. The Bertz CT molecular complexity index is 331. The van der Waals surface area contributed by atoms with Gasteiger partial charge in [0, 0.05) is 22.8 Å². The minimum atomic E-state index is 0.434. The highest BCUT2D eigenvalue weighted by Gasteiger charge is 2.30. The summed E-state index contributed by atoms with van der Waals surface area (Å²) in [4.78, 5) is 4.00. The maximum Gasteiger partial charge on any atom is 0.0410 e. The summed E-state index contributed by atoms with van der Waals surface area (Å²) in [5.74, 6) is 0. The molecule has 0 bridgehead atoms. The lowest BCUT2D eigenvalue weighted by Crippen LogP contribution is -2.38. The second kappa shape index (κ2) is 8.43. The molecule has 0 aliphatic heterocycles. The van der Waals surface area contributed by atoms with E-state index >= 15 is 0 Å². The van der Waals surface area contributed by atoms with Gasteiger partial charge in [-0.25, -0.2) is 0 Å². The SMILES string of the molecule is CCCC(CBr)(CCC)CN(C)C(C)c1cccs1. The highest BCUT2D eigenvalue weighted by atomic mass is 79.9. The summed E-state index contributed by atoms with van der Waals surface area (Å²) in [5, 5.41) is 3.29. The number of nitrogens with zero attached hydrogens (tertiary/aromatic N) is 1. The van der Waals surface area contributed by atoms with Crippen molar-refractivity contribution in [3.63, 3.8) is 0 Å². The van der Waals surface area contributed by atoms with Crippen molar-refractivity contribution >= 4 is 27.3 Å². The van der Waals surface area contributed by atoms with Crippen LogP contribution in [0, 0.1) is 5.41 Å². The van der Waals surface area contributed by atoms with E-state index in [0.717, 1.165) is 5.33 Å². The summed E-state index contributed by atoms with van der Waals surface area (Å²) in [7, 11) is 2.27. The lowest BCUT2D eigenvalue weighted by atomic mass is 9.80. The molecule has 1 rings (SSSR count). The second-order valence-electron chi connectivity index (χ2n) is 5.74. The predicted octanol–water partition coefficient (Wildman–Crippen LogP) is 5.72. The zero-order chi connectivity index (χ0) is 14.3. The van der Waals surface area contributed by atoms with Crippen LogP contribution in [0.2, 0.25) is 0 Å². The van der Waals surface area contributed by atoms with E-state index in [2.05, 4.69) is 66.2 Å². The Hall–Kier alpha value is 0.140. The van der Waals surface area contributed by atoms with Crippen LogP contribution in [0.3, 0.4) is 0 Å². The summed E-state index contributed by atoms with van der Waals surface area (Å²) < 4.78 is 0. The summed E-state index contributed by atoms with van der Waals surface area (Å²) in [6, 6.07) is 4.92. The molecule has 0 aromatic carbocycles. The number of hydrogen-bond acceptors (Lipinski definition) is 2. The zero-order valence-corrected chi connectivity index (χ0v) is 15.2. The van der Waals surface area contributed by atoms with Gasteiger partial charge in [0.1, 0.15) is 0 Å². The van der Waals surface area contributed by atoms with Crippen LogP contribution in [0.5, 0.6) is 0 Å². The fraction of sp³-hybridized carbons (Fsp3) is 0.750. The van der Waals surface area contributed by atoms with Crippen LogP contribution in [0.4, 0.5) is 0 Å². The van der Waals surface area contributed by atoms with Gasteiger partial charge >= 0.3 is 0 Å². The number of rotatable bonds is 9. The number of alkyl halides is 1. The van der Waals surface area contributed by atoms with Gasteiger partial charge in [-0.15, -0.1) is 11.3 Å². The van der Waals surface area contributed by atoms with Gasteiger partial charge in [0.05, 0.1) is 0 Å². The van der Waals surface area contributed by atoms with Gasteiger partial charge in [0.2, 0.25) is 0 Å². The monoisotopic (exact) mass is 345 g/mol. The summed E-state index contributed by atoms with van der Waals surface area (Å²) in [6.07, 6.45) is 5.17. The minimum absolute atomic E-state index is 0.434. The van der Waals surface area contributed by atoms with Gasteiger partial charge in [0.25, 0.3) is 0 Å². The number of hydrogen-bond donors (Lipinski definition) is 0. The number of halogens is 1. The first-order valence-corrected chi connectivity index (χ1v) is 9.38. The van der Waals surface area contributed by atoms with Gasteiger partial charge in [-0.2, -0.15) is 0 Å². The Morgan fingerprint density at radius 2 is 1.95 bits per heavy atom. The minimum Gasteiger partial charge on any atom is -0.298 e. The molecule has 0 aliphatic rings. The van der Waals surface area contributed by atoms with Gasteiger partial charge in [-0.1, -0.05) is 48.7 Å². The quantitative estimate of drug-likeness (QED) is 0.517. The Morgan fingerprint density at radius 3 is 2.37 bits per heavy atom. The highest BCUT2D eigenvalue weighted by molar-refractivity contribution is 9.09. The molecule has 1 aromatic rings. The average molecular weight is 346 g/mol. The molecule has 0 amide bonds. The molecule has 1 aromatic heterocycles. The van der Waals surface area contributed by atoms with E-state index in [1.807, 2.05) is 11.3 Å². The van der Waals surface area contributed by atoms with Crippen LogP contribution in [0.25, 0.3) is 0 Å². The van der Waals surface area contributed by atoms with E-state index in [-0.39, 0.29) is 0 Å². The van der Waals surface area contributed by atoms with Crippen molar-refractivity contribution in [3.8, 4) is 0 Å². The van der Waals surface area contributed by atoms with Crippen molar-refractivity contribution < 1.29 is 0 Å². The molecule has 0 spiro atoms. The van der Waals surface area contributed by atoms with Crippen molar-refractivity contribution in [2.75, 3.05) is 18.9 Å². The van der Waals surface area contributed by atoms with Gasteiger partial charge in [0.15, 0.2) is 0 Å². The van der Waals surface area contributed by atoms with E-state index < -0.39 is 0 Å². The largest absolute Gasteiger partial charge is 0.298 e. The third-order valence-corrected chi connectivity index (χ3v) is 6.28. The van der Waals surface area contributed by atoms with Crippen molar-refractivity contribution in [3.05, 3.63) is 22.4 Å². The maximum atomic E-state index is 3.78. The fourth-order valence-electron chi connectivity index (χ4n) is 2.93. The second-order valence-corrected chi connectivity index (χ2v) is 7.28. The highest BCUT2D eigenvalue weighted by Crippen LogP contribution is 2.35. The number of thiophene rings is 1. The van der Waals surface area contributed by atoms with Crippen LogP contribution in [-0.2, 0) is 0 Å². The Labute approximate surface area is 131 Å². The van der Waals surface area contributed by atoms with Crippen LogP contribution < -0.4 is 0 Å². The molecule has 1 unspecified atom stereocenters. The maximum absolute atomic E-state index is 3.78. The smallest absolute Gasteiger partial charge is 0.0410 e. The van der Waals surface area contributed by atoms with Gasteiger partial charge in [-0.3, -0.25) is 4.90 Å². The summed E-state index contributed by atoms with van der Waals surface area (Å²) in [5.41, 5.74) is 0.434. The van der Waals surface area contributed by atoms with E-state index in [0.29, 0.717) is 11.5 Å². The summed E-state index contributed by atoms with van der Waals surface area (Å²) in [6.45, 7) is 8.10. The van der Waals surface area contributed by atoms with Crippen molar-refractivity contribution in [2.45, 2.75) is 52.5 Å². The molecule has 19 heavy (non-hydrogen) atoms. The third kappa shape index (κ3) is 4.87. The van der Waals surface area contributed by atoms with E-state index in [4.69, 9.17) is 0 Å². The molecule has 0 N–H and O–H groups in total. The Morgan fingerprint density at radius 1 is 1.32 bits per heavy atom. The molecular formula is C16H28BrNS. The van der Waals surface area contributed by atoms with Gasteiger partial charge in [-0.05, 0) is 43.7 Å². The normalized spacial score (nSPS) is 14.0. The first-order chi connectivity index (χ1) is 9.08. The van der Waals surface area contributed by atoms with E-state index in [1.54, 1.807) is 0 Å². The average Bonchev–Trinajstić information content (AvgIpc) is 2.92. The van der Waals surface area contributed by atoms with E-state index in [9.17, 15) is 0 Å². The van der Waals surface area contributed by atoms with Crippen molar-refractivity contribution in [1.29, 1.82) is 0 Å². The standard InChI is InChI=1S/C16H28BrNS/c1-5-9-16(12-17,10-6-2)13-18(4)14(3)15-8-7-11-19-15/h7-8,11,14H,5-6,9-10,12-13H2,1-4H3. The molecule has 1 heterocycles. The molecule has 0 saturated heterocycles. The molecule has 0 radical (unpaired) electrons.